The maximum Gasteiger partial charge on any atom is 0.310 e. The number of hydrogen-bond acceptors (Lipinski definition) is 2. The van der Waals surface area contributed by atoms with Crippen LogP contribution in [0.15, 0.2) is 36.9 Å². The molecule has 0 aliphatic heterocycles. The summed E-state index contributed by atoms with van der Waals surface area (Å²) in [6.45, 7) is 9.47. The van der Waals surface area contributed by atoms with Crippen molar-refractivity contribution in [1.29, 1.82) is 0 Å². The molecule has 0 heterocycles. The molecule has 0 aliphatic rings. The summed E-state index contributed by atoms with van der Waals surface area (Å²) in [5.41, 5.74) is 1.33. The molecule has 1 aromatic rings. The maximum absolute atomic E-state index is 11.6. The van der Waals surface area contributed by atoms with Crippen LogP contribution in [-0.4, -0.2) is 11.6 Å². The van der Waals surface area contributed by atoms with Crippen LogP contribution >= 0.6 is 0 Å². The summed E-state index contributed by atoms with van der Waals surface area (Å²) in [5.74, 6) is -0.235. The van der Waals surface area contributed by atoms with Crippen molar-refractivity contribution >= 4 is 11.5 Å². The molecule has 0 unspecified atom stereocenters. The first-order chi connectivity index (χ1) is 7.38. The monoisotopic (exact) mass is 218 g/mol. The molecule has 0 aliphatic carbocycles. The zero-order chi connectivity index (χ0) is 12.2. The second-order valence-electron chi connectivity index (χ2n) is 4.73. The lowest BCUT2D eigenvalue weighted by Gasteiger charge is -2.19. The molecule has 0 saturated carbocycles. The maximum atomic E-state index is 11.6. The van der Waals surface area contributed by atoms with E-state index in [1.54, 1.807) is 0 Å². The van der Waals surface area contributed by atoms with Gasteiger partial charge in [-0.1, -0.05) is 36.9 Å². The van der Waals surface area contributed by atoms with Crippen molar-refractivity contribution in [3.63, 3.8) is 0 Å². The molecule has 0 atom stereocenters. The van der Waals surface area contributed by atoms with E-state index >= 15 is 0 Å². The third-order valence-electron chi connectivity index (χ3n) is 1.96. The lowest BCUT2D eigenvalue weighted by atomic mass is 10.0. The second-order valence-corrected chi connectivity index (χ2v) is 4.73. The Morgan fingerprint density at radius 1 is 1.25 bits per heavy atom. The van der Waals surface area contributed by atoms with Crippen molar-refractivity contribution in [2.24, 2.45) is 0 Å². The Labute approximate surface area is 96.9 Å². The fourth-order valence-electron chi connectivity index (χ4n) is 1.33. The van der Waals surface area contributed by atoms with Gasteiger partial charge in [0.25, 0.3) is 0 Å². The van der Waals surface area contributed by atoms with Gasteiger partial charge in [-0.2, -0.15) is 0 Å². The van der Waals surface area contributed by atoms with Crippen LogP contribution in [0.25, 0.3) is 5.57 Å². The Morgan fingerprint density at radius 2 is 1.81 bits per heavy atom. The van der Waals surface area contributed by atoms with E-state index in [9.17, 15) is 4.79 Å². The molecule has 0 spiro atoms. The van der Waals surface area contributed by atoms with E-state index in [1.165, 1.54) is 0 Å². The van der Waals surface area contributed by atoms with Gasteiger partial charge in [0.2, 0.25) is 0 Å². The van der Waals surface area contributed by atoms with Crippen molar-refractivity contribution in [3.05, 3.63) is 42.5 Å². The minimum Gasteiger partial charge on any atom is -0.460 e. The Morgan fingerprint density at radius 3 is 2.31 bits per heavy atom. The lowest BCUT2D eigenvalue weighted by Crippen LogP contribution is -2.23. The van der Waals surface area contributed by atoms with E-state index in [0.29, 0.717) is 0 Å². The summed E-state index contributed by atoms with van der Waals surface area (Å²) in [4.78, 5) is 11.6. The van der Waals surface area contributed by atoms with E-state index in [1.807, 2.05) is 51.1 Å². The van der Waals surface area contributed by atoms with Crippen LogP contribution in [0.3, 0.4) is 0 Å². The number of carbonyl (C=O) groups excluding carboxylic acids is 1. The fourth-order valence-corrected chi connectivity index (χ4v) is 1.33. The minimum atomic E-state index is -0.436. The predicted molar refractivity (Wildman–Crippen MR) is 65.9 cm³/mol. The minimum absolute atomic E-state index is 0.235. The molecule has 0 radical (unpaired) electrons. The van der Waals surface area contributed by atoms with E-state index in [2.05, 4.69) is 6.58 Å². The molecule has 0 aromatic heterocycles. The number of hydrogen-bond donors (Lipinski definition) is 0. The van der Waals surface area contributed by atoms with Crippen LogP contribution in [0, 0.1) is 0 Å². The third kappa shape index (κ3) is 4.30. The lowest BCUT2D eigenvalue weighted by molar-refractivity contribution is -0.153. The summed E-state index contributed by atoms with van der Waals surface area (Å²) in [5, 5.41) is 0. The van der Waals surface area contributed by atoms with Crippen molar-refractivity contribution in [2.45, 2.75) is 32.8 Å². The van der Waals surface area contributed by atoms with Gasteiger partial charge in [-0.3, -0.25) is 4.79 Å². The second kappa shape index (κ2) is 4.97. The van der Waals surface area contributed by atoms with Crippen LogP contribution in [0.2, 0.25) is 0 Å². The van der Waals surface area contributed by atoms with Gasteiger partial charge in [0, 0.05) is 0 Å². The number of rotatable bonds is 3. The molecule has 0 bridgehead atoms. The van der Waals surface area contributed by atoms with E-state index in [-0.39, 0.29) is 12.4 Å². The number of carbonyl (C=O) groups is 1. The molecular weight excluding hydrogens is 200 g/mol. The standard InChI is InChI=1S/C14H18O2/c1-11(12-8-6-5-7-9-12)10-13(15)16-14(2,3)4/h5-9H,1,10H2,2-4H3. The number of benzene rings is 1. The van der Waals surface area contributed by atoms with Crippen LogP contribution in [0.5, 0.6) is 0 Å². The topological polar surface area (TPSA) is 26.3 Å². The van der Waals surface area contributed by atoms with Crippen molar-refractivity contribution in [3.8, 4) is 0 Å². The summed E-state index contributed by atoms with van der Waals surface area (Å²) in [7, 11) is 0. The van der Waals surface area contributed by atoms with Gasteiger partial charge >= 0.3 is 5.97 Å². The zero-order valence-corrected chi connectivity index (χ0v) is 10.1. The van der Waals surface area contributed by atoms with Gasteiger partial charge in [0.05, 0.1) is 6.42 Å². The number of ether oxygens (including phenoxy) is 1. The molecule has 2 heteroatoms. The molecule has 1 rings (SSSR count). The summed E-state index contributed by atoms with van der Waals surface area (Å²) < 4.78 is 5.23. The van der Waals surface area contributed by atoms with Crippen LogP contribution in [-0.2, 0) is 9.53 Å². The highest BCUT2D eigenvalue weighted by molar-refractivity contribution is 5.84. The van der Waals surface area contributed by atoms with Crippen LogP contribution in [0.4, 0.5) is 0 Å². The summed E-state index contributed by atoms with van der Waals surface area (Å²) >= 11 is 0. The molecule has 16 heavy (non-hydrogen) atoms. The fraction of sp³-hybridized carbons (Fsp3) is 0.357. The van der Waals surface area contributed by atoms with E-state index < -0.39 is 5.60 Å². The largest absolute Gasteiger partial charge is 0.460 e. The molecule has 0 amide bonds. The predicted octanol–water partition coefficient (Wildman–Crippen LogP) is 3.43. The Balaban J connectivity index is 2.56. The van der Waals surface area contributed by atoms with Gasteiger partial charge in [0.1, 0.15) is 5.60 Å². The van der Waals surface area contributed by atoms with Crippen molar-refractivity contribution in [2.75, 3.05) is 0 Å². The Hall–Kier alpha value is -1.57. The van der Waals surface area contributed by atoms with Gasteiger partial charge in [-0.25, -0.2) is 0 Å². The van der Waals surface area contributed by atoms with Gasteiger partial charge in [0.15, 0.2) is 0 Å². The van der Waals surface area contributed by atoms with Crippen LogP contribution < -0.4 is 0 Å². The van der Waals surface area contributed by atoms with Gasteiger partial charge in [-0.15, -0.1) is 0 Å². The Kier molecular flexibility index (Phi) is 3.88. The molecule has 1 aromatic carbocycles. The highest BCUT2D eigenvalue weighted by Crippen LogP contribution is 2.18. The first-order valence-electron chi connectivity index (χ1n) is 5.33. The molecule has 0 saturated heterocycles. The molecule has 86 valence electrons. The number of esters is 1. The summed E-state index contributed by atoms with van der Waals surface area (Å²) in [6.07, 6.45) is 0.237. The quantitative estimate of drug-likeness (QED) is 0.726. The summed E-state index contributed by atoms with van der Waals surface area (Å²) in [6, 6.07) is 9.66. The first kappa shape index (κ1) is 12.5. The smallest absolute Gasteiger partial charge is 0.310 e. The van der Waals surface area contributed by atoms with Gasteiger partial charge in [-0.05, 0) is 31.9 Å². The van der Waals surface area contributed by atoms with Crippen molar-refractivity contribution in [1.82, 2.24) is 0 Å². The average molecular weight is 218 g/mol. The highest BCUT2D eigenvalue weighted by Gasteiger charge is 2.17. The molecule has 0 N–H and O–H groups in total. The normalized spacial score (nSPS) is 10.9. The van der Waals surface area contributed by atoms with E-state index in [4.69, 9.17) is 4.74 Å². The highest BCUT2D eigenvalue weighted by atomic mass is 16.6. The molecular formula is C14H18O2. The third-order valence-corrected chi connectivity index (χ3v) is 1.96. The van der Waals surface area contributed by atoms with Gasteiger partial charge < -0.3 is 4.74 Å². The molecule has 2 nitrogen and oxygen atoms in total. The average Bonchev–Trinajstić information content (AvgIpc) is 2.16. The first-order valence-corrected chi connectivity index (χ1v) is 5.33. The van der Waals surface area contributed by atoms with Crippen molar-refractivity contribution < 1.29 is 9.53 Å². The SMILES string of the molecule is C=C(CC(=O)OC(C)(C)C)c1ccccc1. The van der Waals surface area contributed by atoms with Crippen LogP contribution in [0.1, 0.15) is 32.8 Å². The zero-order valence-electron chi connectivity index (χ0n) is 10.1. The van der Waals surface area contributed by atoms with E-state index in [0.717, 1.165) is 11.1 Å². The molecule has 0 fully saturated rings. The Bertz CT molecular complexity index is 371.